The van der Waals surface area contributed by atoms with Gasteiger partial charge in [-0.3, -0.25) is 4.79 Å². The highest BCUT2D eigenvalue weighted by Gasteiger charge is 2.12. The molecule has 0 aliphatic rings. The van der Waals surface area contributed by atoms with Crippen LogP contribution in [0.15, 0.2) is 36.4 Å². The Morgan fingerprint density at radius 1 is 0.895 bits per heavy atom. The minimum atomic E-state index is 0.202. The van der Waals surface area contributed by atoms with Crippen LogP contribution in [-0.4, -0.2) is 5.78 Å². The molecule has 0 unspecified atom stereocenters. The molecular formula is C18H20O. The van der Waals surface area contributed by atoms with E-state index < -0.39 is 0 Å². The van der Waals surface area contributed by atoms with Gasteiger partial charge < -0.3 is 0 Å². The molecule has 0 N–H and O–H groups in total. The number of Topliss-reactive ketones (excluding diaryl/α,β-unsaturated/α-hetero) is 1. The van der Waals surface area contributed by atoms with Crippen molar-refractivity contribution in [3.63, 3.8) is 0 Å². The molecule has 0 spiro atoms. The quantitative estimate of drug-likeness (QED) is 0.742. The average Bonchev–Trinajstić information content (AvgIpc) is 2.34. The first kappa shape index (κ1) is 13.5. The molecule has 2 aromatic rings. The summed E-state index contributed by atoms with van der Waals surface area (Å²) in [4.78, 5) is 12.4. The fourth-order valence-corrected chi connectivity index (χ4v) is 2.63. The number of aryl methyl sites for hydroxylation is 4. The zero-order valence-corrected chi connectivity index (χ0v) is 12.1. The van der Waals surface area contributed by atoms with E-state index in [4.69, 9.17) is 0 Å². The third kappa shape index (κ3) is 2.93. The lowest BCUT2D eigenvalue weighted by molar-refractivity contribution is 0.0992. The summed E-state index contributed by atoms with van der Waals surface area (Å²) < 4.78 is 0. The number of ketones is 1. The summed E-state index contributed by atoms with van der Waals surface area (Å²) in [6.07, 6.45) is 0.489. The van der Waals surface area contributed by atoms with E-state index in [0.29, 0.717) is 6.42 Å². The zero-order valence-electron chi connectivity index (χ0n) is 12.1. The van der Waals surface area contributed by atoms with Crippen LogP contribution in [0.5, 0.6) is 0 Å². The Kier molecular flexibility index (Phi) is 3.84. The summed E-state index contributed by atoms with van der Waals surface area (Å²) >= 11 is 0. The summed E-state index contributed by atoms with van der Waals surface area (Å²) in [5.74, 6) is 0.202. The Hall–Kier alpha value is -1.89. The van der Waals surface area contributed by atoms with Gasteiger partial charge in [-0.25, -0.2) is 0 Å². The monoisotopic (exact) mass is 252 g/mol. The lowest BCUT2D eigenvalue weighted by atomic mass is 9.92. The fourth-order valence-electron chi connectivity index (χ4n) is 2.63. The average molecular weight is 252 g/mol. The van der Waals surface area contributed by atoms with Gasteiger partial charge in [0.1, 0.15) is 0 Å². The summed E-state index contributed by atoms with van der Waals surface area (Å²) in [7, 11) is 0. The van der Waals surface area contributed by atoms with E-state index in [1.54, 1.807) is 0 Å². The van der Waals surface area contributed by atoms with Crippen LogP contribution in [-0.2, 0) is 6.42 Å². The van der Waals surface area contributed by atoms with E-state index >= 15 is 0 Å². The second kappa shape index (κ2) is 5.40. The van der Waals surface area contributed by atoms with Gasteiger partial charge in [0.2, 0.25) is 0 Å². The first-order chi connectivity index (χ1) is 8.99. The van der Waals surface area contributed by atoms with E-state index in [0.717, 1.165) is 11.1 Å². The maximum absolute atomic E-state index is 12.4. The van der Waals surface area contributed by atoms with Crippen molar-refractivity contribution < 1.29 is 4.79 Å². The Labute approximate surface area is 115 Å². The van der Waals surface area contributed by atoms with Crippen LogP contribution in [0, 0.1) is 27.7 Å². The number of benzene rings is 2. The Bertz CT molecular complexity index is 600. The standard InChI is InChI=1S/C18H20O/c1-12-9-14(3)17(15(4)10-12)11-18(19)16-8-6-5-7-13(16)2/h5-10H,11H2,1-4H3. The smallest absolute Gasteiger partial charge is 0.167 e. The topological polar surface area (TPSA) is 17.1 Å². The number of rotatable bonds is 3. The van der Waals surface area contributed by atoms with Crippen molar-refractivity contribution in [2.75, 3.05) is 0 Å². The predicted octanol–water partition coefficient (Wildman–Crippen LogP) is 4.35. The predicted molar refractivity (Wildman–Crippen MR) is 79.9 cm³/mol. The molecule has 19 heavy (non-hydrogen) atoms. The van der Waals surface area contributed by atoms with E-state index in [9.17, 15) is 4.79 Å². The fraction of sp³-hybridized carbons (Fsp3) is 0.278. The maximum atomic E-state index is 12.4. The third-order valence-electron chi connectivity index (χ3n) is 3.62. The van der Waals surface area contributed by atoms with Gasteiger partial charge in [-0.15, -0.1) is 0 Å². The van der Waals surface area contributed by atoms with Crippen LogP contribution < -0.4 is 0 Å². The summed E-state index contributed by atoms with van der Waals surface area (Å²) in [5.41, 5.74) is 6.72. The van der Waals surface area contributed by atoms with Gasteiger partial charge in [-0.1, -0.05) is 42.0 Å². The first-order valence-electron chi connectivity index (χ1n) is 6.64. The molecule has 0 heterocycles. The minimum Gasteiger partial charge on any atom is -0.294 e. The normalized spacial score (nSPS) is 10.5. The van der Waals surface area contributed by atoms with Crippen LogP contribution in [0.3, 0.4) is 0 Å². The molecule has 0 saturated carbocycles. The molecule has 1 nitrogen and oxygen atoms in total. The molecule has 0 saturated heterocycles. The largest absolute Gasteiger partial charge is 0.294 e. The molecule has 98 valence electrons. The van der Waals surface area contributed by atoms with Crippen LogP contribution in [0.1, 0.15) is 38.2 Å². The van der Waals surface area contributed by atoms with Gasteiger partial charge in [0, 0.05) is 12.0 Å². The summed E-state index contributed by atoms with van der Waals surface area (Å²) in [6.45, 7) is 8.25. The first-order valence-corrected chi connectivity index (χ1v) is 6.64. The highest BCUT2D eigenvalue weighted by molar-refractivity contribution is 5.99. The Balaban J connectivity index is 2.32. The van der Waals surface area contributed by atoms with Gasteiger partial charge in [0.15, 0.2) is 5.78 Å². The van der Waals surface area contributed by atoms with Gasteiger partial charge >= 0.3 is 0 Å². The van der Waals surface area contributed by atoms with Crippen LogP contribution in [0.4, 0.5) is 0 Å². The van der Waals surface area contributed by atoms with Crippen molar-refractivity contribution in [2.24, 2.45) is 0 Å². The van der Waals surface area contributed by atoms with Crippen molar-refractivity contribution in [2.45, 2.75) is 34.1 Å². The number of hydrogen-bond acceptors (Lipinski definition) is 1. The maximum Gasteiger partial charge on any atom is 0.167 e. The lowest BCUT2D eigenvalue weighted by Gasteiger charge is -2.11. The van der Waals surface area contributed by atoms with Crippen molar-refractivity contribution in [3.8, 4) is 0 Å². The van der Waals surface area contributed by atoms with E-state index in [1.165, 1.54) is 22.3 Å². The van der Waals surface area contributed by atoms with Crippen molar-refractivity contribution in [3.05, 3.63) is 69.8 Å². The SMILES string of the molecule is Cc1cc(C)c(CC(=O)c2ccccc2C)c(C)c1. The molecule has 1 heteroatoms. The van der Waals surface area contributed by atoms with Crippen LogP contribution >= 0.6 is 0 Å². The van der Waals surface area contributed by atoms with Crippen molar-refractivity contribution in [1.29, 1.82) is 0 Å². The third-order valence-corrected chi connectivity index (χ3v) is 3.62. The number of carbonyl (C=O) groups is 1. The molecule has 0 aromatic heterocycles. The highest BCUT2D eigenvalue weighted by atomic mass is 16.1. The van der Waals surface area contributed by atoms with Gasteiger partial charge in [0.05, 0.1) is 0 Å². The van der Waals surface area contributed by atoms with Crippen molar-refractivity contribution in [1.82, 2.24) is 0 Å². The highest BCUT2D eigenvalue weighted by Crippen LogP contribution is 2.19. The molecule has 0 aliphatic heterocycles. The number of carbonyl (C=O) groups excluding carboxylic acids is 1. The minimum absolute atomic E-state index is 0.202. The molecule has 0 bridgehead atoms. The molecule has 2 aromatic carbocycles. The lowest BCUT2D eigenvalue weighted by Crippen LogP contribution is -2.08. The molecule has 0 aliphatic carbocycles. The molecule has 0 fully saturated rings. The molecule has 2 rings (SSSR count). The second-order valence-corrected chi connectivity index (χ2v) is 5.29. The molecular weight excluding hydrogens is 232 g/mol. The molecule has 0 amide bonds. The van der Waals surface area contributed by atoms with Crippen LogP contribution in [0.25, 0.3) is 0 Å². The van der Waals surface area contributed by atoms with Crippen molar-refractivity contribution >= 4 is 5.78 Å². The summed E-state index contributed by atoms with van der Waals surface area (Å²) in [6, 6.07) is 12.1. The van der Waals surface area contributed by atoms with Gasteiger partial charge in [-0.05, 0) is 49.9 Å². The Morgan fingerprint density at radius 2 is 1.47 bits per heavy atom. The summed E-state index contributed by atoms with van der Waals surface area (Å²) in [5, 5.41) is 0. The molecule has 0 atom stereocenters. The van der Waals surface area contributed by atoms with Gasteiger partial charge in [-0.2, -0.15) is 0 Å². The van der Waals surface area contributed by atoms with Gasteiger partial charge in [0.25, 0.3) is 0 Å². The van der Waals surface area contributed by atoms with Crippen LogP contribution in [0.2, 0.25) is 0 Å². The number of hydrogen-bond donors (Lipinski definition) is 0. The van der Waals surface area contributed by atoms with E-state index in [-0.39, 0.29) is 5.78 Å². The molecule has 0 radical (unpaired) electrons. The second-order valence-electron chi connectivity index (χ2n) is 5.29. The van der Waals surface area contributed by atoms with E-state index in [1.807, 2.05) is 31.2 Å². The zero-order chi connectivity index (χ0) is 14.0. The van der Waals surface area contributed by atoms with E-state index in [2.05, 4.69) is 32.9 Å². The Morgan fingerprint density at radius 3 is 2.05 bits per heavy atom.